The molecule has 0 aliphatic carbocycles. The molecule has 4 heteroatoms. The smallest absolute Gasteiger partial charge is 0.253 e. The van der Waals surface area contributed by atoms with Crippen LogP contribution >= 0.6 is 0 Å². The van der Waals surface area contributed by atoms with Crippen LogP contribution in [0.15, 0.2) is 35.3 Å². The molecule has 1 aliphatic rings. The molecule has 4 nitrogen and oxygen atoms in total. The van der Waals surface area contributed by atoms with Crippen LogP contribution in [0.1, 0.15) is 82.4 Å². The van der Waals surface area contributed by atoms with Crippen molar-refractivity contribution in [2.45, 2.75) is 72.1 Å². The predicted octanol–water partition coefficient (Wildman–Crippen LogP) is 6.10. The summed E-state index contributed by atoms with van der Waals surface area (Å²) in [5, 5.41) is 4.81. The largest absolute Gasteiger partial charge is 0.354 e. The molecule has 3 heterocycles. The van der Waals surface area contributed by atoms with E-state index in [1.165, 1.54) is 34.9 Å². The topological polar surface area (TPSA) is 49.8 Å². The summed E-state index contributed by atoms with van der Waals surface area (Å²) in [5.74, 6) is 1.03. The van der Waals surface area contributed by atoms with E-state index in [0.717, 1.165) is 42.8 Å². The third kappa shape index (κ3) is 4.71. The highest BCUT2D eigenvalue weighted by Crippen LogP contribution is 2.38. The Morgan fingerprint density at radius 1 is 1.12 bits per heavy atom. The minimum atomic E-state index is 0.119. The van der Waals surface area contributed by atoms with Gasteiger partial charge in [-0.15, -0.1) is 0 Å². The number of aryl methyl sites for hydroxylation is 2. The number of hydrogen-bond acceptors (Lipinski definition) is 2. The highest BCUT2D eigenvalue weighted by Gasteiger charge is 2.21. The minimum Gasteiger partial charge on any atom is -0.354 e. The fraction of sp³-hybridized carbons (Fsp3) is 0.536. The Bertz CT molecular complexity index is 1150. The van der Waals surface area contributed by atoms with E-state index in [-0.39, 0.29) is 11.0 Å². The summed E-state index contributed by atoms with van der Waals surface area (Å²) in [7, 11) is 1.87. The van der Waals surface area contributed by atoms with Crippen LogP contribution in [0.25, 0.3) is 22.2 Å². The van der Waals surface area contributed by atoms with Crippen LogP contribution in [0, 0.1) is 5.41 Å². The molecule has 0 radical (unpaired) electrons. The first kappa shape index (κ1) is 22.8. The van der Waals surface area contributed by atoms with Crippen molar-refractivity contribution >= 4 is 10.9 Å². The molecule has 0 saturated carbocycles. The molecule has 4 rings (SSSR count). The Kier molecular flexibility index (Phi) is 6.35. The maximum atomic E-state index is 12.8. The number of nitrogens with zero attached hydrogens (tertiary/aromatic N) is 1. The molecule has 0 unspecified atom stereocenters. The van der Waals surface area contributed by atoms with E-state index in [2.05, 4.69) is 69.2 Å². The van der Waals surface area contributed by atoms with Gasteiger partial charge in [-0.1, -0.05) is 40.7 Å². The number of benzene rings is 1. The molecule has 0 spiro atoms. The number of nitrogens with one attached hydrogen (secondary N) is 2. The maximum absolute atomic E-state index is 12.8. The lowest BCUT2D eigenvalue weighted by atomic mass is 9.87. The lowest BCUT2D eigenvalue weighted by Crippen LogP contribution is -2.26. The molecule has 2 aromatic heterocycles. The van der Waals surface area contributed by atoms with E-state index in [1.807, 2.05) is 13.2 Å². The van der Waals surface area contributed by atoms with E-state index in [4.69, 9.17) is 0 Å². The Balaban J connectivity index is 1.80. The second kappa shape index (κ2) is 8.90. The van der Waals surface area contributed by atoms with Gasteiger partial charge in [0.25, 0.3) is 5.56 Å². The average Bonchev–Trinajstić information content (AvgIpc) is 3.13. The number of H-pyrrole nitrogens is 1. The van der Waals surface area contributed by atoms with Crippen LogP contribution in [0.3, 0.4) is 0 Å². The van der Waals surface area contributed by atoms with Crippen LogP contribution in [0.5, 0.6) is 0 Å². The first-order valence-electron chi connectivity index (χ1n) is 12.2. The summed E-state index contributed by atoms with van der Waals surface area (Å²) in [4.78, 5) is 16.5. The van der Waals surface area contributed by atoms with Gasteiger partial charge in [-0.3, -0.25) is 4.79 Å². The Morgan fingerprint density at radius 3 is 2.50 bits per heavy atom. The molecular weight excluding hydrogens is 394 g/mol. The number of aromatic amines is 1. The van der Waals surface area contributed by atoms with Crippen molar-refractivity contribution < 1.29 is 0 Å². The molecule has 1 saturated heterocycles. The van der Waals surface area contributed by atoms with Gasteiger partial charge in [-0.05, 0) is 85.3 Å². The highest BCUT2D eigenvalue weighted by molar-refractivity contribution is 5.92. The first-order valence-corrected chi connectivity index (χ1v) is 12.2. The number of hydrogen-bond donors (Lipinski definition) is 2. The molecule has 1 aliphatic heterocycles. The van der Waals surface area contributed by atoms with Gasteiger partial charge >= 0.3 is 0 Å². The van der Waals surface area contributed by atoms with Crippen LogP contribution in [0.2, 0.25) is 0 Å². The summed E-state index contributed by atoms with van der Waals surface area (Å²) in [6, 6.07) is 9.10. The van der Waals surface area contributed by atoms with Crippen molar-refractivity contribution in [3.8, 4) is 11.3 Å². The van der Waals surface area contributed by atoms with Crippen LogP contribution in [-0.2, 0) is 13.5 Å². The molecule has 3 aromatic rings. The second-order valence-corrected chi connectivity index (χ2v) is 11.1. The fourth-order valence-electron chi connectivity index (χ4n) is 5.07. The van der Waals surface area contributed by atoms with E-state index >= 15 is 0 Å². The third-order valence-corrected chi connectivity index (χ3v) is 6.94. The van der Waals surface area contributed by atoms with Gasteiger partial charge in [0.05, 0.1) is 5.69 Å². The highest BCUT2D eigenvalue weighted by atomic mass is 16.1. The molecule has 172 valence electrons. The summed E-state index contributed by atoms with van der Waals surface area (Å²) < 4.78 is 1.75. The predicted molar refractivity (Wildman–Crippen MR) is 136 cm³/mol. The Labute approximate surface area is 192 Å². The van der Waals surface area contributed by atoms with E-state index in [9.17, 15) is 4.79 Å². The molecule has 0 amide bonds. The lowest BCUT2D eigenvalue weighted by molar-refractivity contribution is 0.377. The van der Waals surface area contributed by atoms with Crippen molar-refractivity contribution in [3.05, 3.63) is 57.5 Å². The minimum absolute atomic E-state index is 0.119. The van der Waals surface area contributed by atoms with Gasteiger partial charge in [0.2, 0.25) is 0 Å². The first-order chi connectivity index (χ1) is 15.1. The zero-order valence-electron chi connectivity index (χ0n) is 20.6. The summed E-state index contributed by atoms with van der Waals surface area (Å²) >= 11 is 0. The monoisotopic (exact) mass is 433 g/mol. The van der Waals surface area contributed by atoms with Crippen molar-refractivity contribution in [1.82, 2.24) is 14.9 Å². The van der Waals surface area contributed by atoms with Gasteiger partial charge in [-0.25, -0.2) is 0 Å². The maximum Gasteiger partial charge on any atom is 0.253 e. The number of rotatable bonds is 5. The zero-order chi connectivity index (χ0) is 23.0. The molecule has 32 heavy (non-hydrogen) atoms. The van der Waals surface area contributed by atoms with Crippen LogP contribution in [0.4, 0.5) is 0 Å². The van der Waals surface area contributed by atoms with Crippen molar-refractivity contribution in [2.24, 2.45) is 12.5 Å². The van der Waals surface area contributed by atoms with Crippen molar-refractivity contribution in [2.75, 3.05) is 13.1 Å². The second-order valence-electron chi connectivity index (χ2n) is 11.1. The normalized spacial score (nSPS) is 15.7. The third-order valence-electron chi connectivity index (χ3n) is 6.94. The van der Waals surface area contributed by atoms with E-state index < -0.39 is 0 Å². The van der Waals surface area contributed by atoms with Crippen molar-refractivity contribution in [3.63, 3.8) is 0 Å². The molecule has 1 aromatic carbocycles. The average molecular weight is 434 g/mol. The number of fused-ring (bicyclic) bond motifs is 1. The van der Waals surface area contributed by atoms with E-state index in [1.54, 1.807) is 4.57 Å². The molecule has 2 N–H and O–H groups in total. The molecule has 0 bridgehead atoms. The standard InChI is InChI=1S/C28H39N3O/c1-18(2)25-23-16-20(19-10-13-29-14-11-19)7-8-24(23)30-26(25)22-15-21(9-12-28(3,4)5)27(32)31(6)17-22/h7-8,15-19,29-30H,9-14H2,1-6H3. The van der Waals surface area contributed by atoms with Gasteiger partial charge < -0.3 is 14.9 Å². The van der Waals surface area contributed by atoms with Gasteiger partial charge in [0.1, 0.15) is 0 Å². The number of pyridine rings is 1. The zero-order valence-corrected chi connectivity index (χ0v) is 20.6. The van der Waals surface area contributed by atoms with Gasteiger partial charge in [0.15, 0.2) is 0 Å². The van der Waals surface area contributed by atoms with Crippen molar-refractivity contribution in [1.29, 1.82) is 0 Å². The van der Waals surface area contributed by atoms with Crippen LogP contribution in [-0.4, -0.2) is 22.6 Å². The number of piperidine rings is 1. The Morgan fingerprint density at radius 2 is 1.84 bits per heavy atom. The lowest BCUT2D eigenvalue weighted by Gasteiger charge is -2.23. The summed E-state index contributed by atoms with van der Waals surface area (Å²) in [6.07, 6.45) is 6.21. The SMILES string of the molecule is CC(C)c1c(-c2cc(CCC(C)(C)C)c(=O)n(C)c2)[nH]c2ccc(C3CCNCC3)cc12. The molecule has 1 fully saturated rings. The van der Waals surface area contributed by atoms with E-state index in [0.29, 0.717) is 11.8 Å². The summed E-state index contributed by atoms with van der Waals surface area (Å²) in [5.41, 5.74) is 7.50. The fourth-order valence-corrected chi connectivity index (χ4v) is 5.07. The number of aromatic nitrogens is 2. The molecule has 0 atom stereocenters. The van der Waals surface area contributed by atoms with Gasteiger partial charge in [0, 0.05) is 35.3 Å². The van der Waals surface area contributed by atoms with Gasteiger partial charge in [-0.2, -0.15) is 0 Å². The quantitative estimate of drug-likeness (QED) is 0.510. The molecular formula is C28H39N3O. The Hall–Kier alpha value is -2.33. The van der Waals surface area contributed by atoms with Crippen LogP contribution < -0.4 is 10.9 Å². The summed E-state index contributed by atoms with van der Waals surface area (Å²) in [6.45, 7) is 13.4.